The van der Waals surface area contributed by atoms with E-state index < -0.39 is 0 Å². The first kappa shape index (κ1) is 18.0. The molecule has 0 amide bonds. The number of hydrogen-bond acceptors (Lipinski definition) is 3. The maximum absolute atomic E-state index is 5.82. The van der Waals surface area contributed by atoms with Crippen LogP contribution in [0.2, 0.25) is 0 Å². The molecule has 1 aliphatic rings. The van der Waals surface area contributed by atoms with Crippen LogP contribution in [0.15, 0.2) is 60.7 Å². The molecule has 134 valence electrons. The van der Waals surface area contributed by atoms with Gasteiger partial charge < -0.3 is 4.84 Å². The van der Waals surface area contributed by atoms with Crippen molar-refractivity contribution in [1.29, 1.82) is 0 Å². The number of hydrogen-bond donors (Lipinski definition) is 1. The smallest absolute Gasteiger partial charge is 0.147 e. The molecule has 1 fully saturated rings. The fourth-order valence-corrected chi connectivity index (χ4v) is 4.24. The lowest BCUT2D eigenvalue weighted by molar-refractivity contribution is -0.0639. The molecule has 2 aromatic carbocycles. The van der Waals surface area contributed by atoms with Crippen LogP contribution in [0.1, 0.15) is 46.1 Å². The highest BCUT2D eigenvalue weighted by Crippen LogP contribution is 2.39. The van der Waals surface area contributed by atoms with Crippen molar-refractivity contribution in [1.82, 2.24) is 10.4 Å². The van der Waals surface area contributed by atoms with E-state index in [4.69, 9.17) is 4.84 Å². The van der Waals surface area contributed by atoms with E-state index in [-0.39, 0.29) is 11.1 Å². The zero-order chi connectivity index (χ0) is 17.9. The van der Waals surface area contributed by atoms with Crippen molar-refractivity contribution in [3.05, 3.63) is 66.2 Å². The van der Waals surface area contributed by atoms with Crippen LogP contribution in [0.5, 0.6) is 5.75 Å². The number of rotatable bonds is 5. The molecule has 3 nitrogen and oxygen atoms in total. The average Bonchev–Trinajstić information content (AvgIpc) is 2.58. The Bertz CT molecular complexity index is 649. The molecule has 3 rings (SSSR count). The molecule has 0 spiro atoms. The first-order valence-electron chi connectivity index (χ1n) is 9.16. The van der Waals surface area contributed by atoms with Crippen molar-refractivity contribution >= 4 is 0 Å². The van der Waals surface area contributed by atoms with Gasteiger partial charge >= 0.3 is 0 Å². The highest BCUT2D eigenvalue weighted by molar-refractivity contribution is 5.21. The maximum atomic E-state index is 5.82. The van der Waals surface area contributed by atoms with Crippen LogP contribution in [-0.2, 0) is 6.54 Å². The van der Waals surface area contributed by atoms with Gasteiger partial charge in [-0.25, -0.2) is 0 Å². The van der Waals surface area contributed by atoms with Crippen molar-refractivity contribution in [2.75, 3.05) is 0 Å². The number of hydroxylamine groups is 1. The minimum Gasteiger partial charge on any atom is -0.408 e. The van der Waals surface area contributed by atoms with Crippen molar-refractivity contribution in [3.63, 3.8) is 0 Å². The summed E-state index contributed by atoms with van der Waals surface area (Å²) in [7, 11) is 0. The van der Waals surface area contributed by atoms with Crippen LogP contribution in [0, 0.1) is 0 Å². The Hall–Kier alpha value is -1.84. The summed E-state index contributed by atoms with van der Waals surface area (Å²) in [5, 5.41) is 0. The zero-order valence-electron chi connectivity index (χ0n) is 15.8. The van der Waals surface area contributed by atoms with Gasteiger partial charge in [0.2, 0.25) is 0 Å². The van der Waals surface area contributed by atoms with E-state index in [1.54, 1.807) is 0 Å². The van der Waals surface area contributed by atoms with Crippen LogP contribution >= 0.6 is 0 Å². The summed E-state index contributed by atoms with van der Waals surface area (Å²) < 4.78 is 0. The van der Waals surface area contributed by atoms with E-state index in [0.717, 1.165) is 25.1 Å². The number of nitrogens with zero attached hydrogens (tertiary/aromatic N) is 1. The third kappa shape index (κ3) is 4.42. The predicted molar refractivity (Wildman–Crippen MR) is 103 cm³/mol. The van der Waals surface area contributed by atoms with Gasteiger partial charge in [0.05, 0.1) is 0 Å². The molecule has 1 heterocycles. The minimum absolute atomic E-state index is 0.0926. The summed E-state index contributed by atoms with van der Waals surface area (Å²) in [4.78, 5) is 8.45. The monoisotopic (exact) mass is 338 g/mol. The normalized spacial score (nSPS) is 20.3. The fraction of sp³-hybridized carbons (Fsp3) is 0.455. The van der Waals surface area contributed by atoms with Gasteiger partial charge in [-0.15, -0.1) is 0 Å². The van der Waals surface area contributed by atoms with E-state index in [2.05, 4.69) is 68.4 Å². The van der Waals surface area contributed by atoms with Crippen LogP contribution in [0.4, 0.5) is 0 Å². The van der Waals surface area contributed by atoms with Gasteiger partial charge in [0.1, 0.15) is 5.75 Å². The predicted octanol–water partition coefficient (Wildman–Crippen LogP) is 4.79. The Labute approximate surface area is 152 Å². The summed E-state index contributed by atoms with van der Waals surface area (Å²) in [6.07, 6.45) is 2.10. The van der Waals surface area contributed by atoms with E-state index in [1.165, 1.54) is 5.56 Å². The summed E-state index contributed by atoms with van der Waals surface area (Å²) in [6, 6.07) is 21.0. The number of likely N-dealkylation sites (tertiary alicyclic amines) is 1. The zero-order valence-corrected chi connectivity index (χ0v) is 15.8. The molecule has 0 bridgehead atoms. The molecule has 0 aliphatic carbocycles. The molecule has 3 heteroatoms. The average molecular weight is 338 g/mol. The van der Waals surface area contributed by atoms with Crippen LogP contribution in [-0.4, -0.2) is 22.0 Å². The second-order valence-electron chi connectivity index (χ2n) is 8.33. The molecule has 1 saturated heterocycles. The highest BCUT2D eigenvalue weighted by Gasteiger charge is 2.45. The van der Waals surface area contributed by atoms with Crippen LogP contribution in [0.3, 0.4) is 0 Å². The van der Waals surface area contributed by atoms with Gasteiger partial charge in [-0.1, -0.05) is 48.5 Å². The van der Waals surface area contributed by atoms with Crippen LogP contribution in [0.25, 0.3) is 0 Å². The molecule has 0 saturated carbocycles. The van der Waals surface area contributed by atoms with Gasteiger partial charge in [-0.05, 0) is 58.2 Å². The number of para-hydroxylation sites is 1. The molecular weight excluding hydrogens is 308 g/mol. The molecule has 25 heavy (non-hydrogen) atoms. The first-order valence-corrected chi connectivity index (χ1v) is 9.16. The summed E-state index contributed by atoms with van der Waals surface area (Å²) >= 11 is 0. The fourth-order valence-electron chi connectivity index (χ4n) is 4.24. The van der Waals surface area contributed by atoms with Crippen LogP contribution < -0.4 is 10.3 Å². The number of benzene rings is 2. The van der Waals surface area contributed by atoms with E-state index in [0.29, 0.717) is 6.04 Å². The Balaban J connectivity index is 1.68. The number of piperidine rings is 1. The Morgan fingerprint density at radius 2 is 1.40 bits per heavy atom. The van der Waals surface area contributed by atoms with E-state index >= 15 is 0 Å². The Kier molecular flexibility index (Phi) is 5.16. The molecule has 0 unspecified atom stereocenters. The quantitative estimate of drug-likeness (QED) is 0.793. The molecule has 0 radical (unpaired) electrons. The van der Waals surface area contributed by atoms with Gasteiger partial charge in [-0.2, -0.15) is 5.48 Å². The van der Waals surface area contributed by atoms with Crippen molar-refractivity contribution < 1.29 is 4.84 Å². The van der Waals surface area contributed by atoms with Gasteiger partial charge in [-0.3, -0.25) is 4.90 Å². The van der Waals surface area contributed by atoms with E-state index in [1.807, 2.05) is 30.3 Å². The van der Waals surface area contributed by atoms with Crippen molar-refractivity contribution in [2.45, 2.75) is 64.2 Å². The molecule has 0 atom stereocenters. The Morgan fingerprint density at radius 3 is 1.96 bits per heavy atom. The summed E-state index contributed by atoms with van der Waals surface area (Å²) in [5.41, 5.74) is 4.86. The highest BCUT2D eigenvalue weighted by atomic mass is 16.6. The second kappa shape index (κ2) is 7.19. The molecule has 2 aromatic rings. The molecular formula is C22H30N2O. The third-order valence-electron chi connectivity index (χ3n) is 5.22. The number of nitrogens with one attached hydrogen (secondary N) is 1. The lowest BCUT2D eigenvalue weighted by Gasteiger charge is -2.55. The van der Waals surface area contributed by atoms with Gasteiger partial charge in [0.25, 0.3) is 0 Å². The Morgan fingerprint density at radius 1 is 0.880 bits per heavy atom. The molecule has 1 N–H and O–H groups in total. The maximum Gasteiger partial charge on any atom is 0.147 e. The summed E-state index contributed by atoms with van der Waals surface area (Å²) in [6.45, 7) is 10.3. The second-order valence-corrected chi connectivity index (χ2v) is 8.33. The summed E-state index contributed by atoms with van der Waals surface area (Å²) in [5.74, 6) is 0.866. The largest absolute Gasteiger partial charge is 0.408 e. The molecule has 1 aliphatic heterocycles. The van der Waals surface area contributed by atoms with Crippen molar-refractivity contribution in [3.8, 4) is 5.75 Å². The standard InChI is InChI=1S/C22H30N2O/c1-21(2)15-19(23-25-20-13-9-6-10-14-20)16-22(3,4)24(21)17-18-11-7-5-8-12-18/h5-14,19,23H,15-17H2,1-4H3. The third-order valence-corrected chi connectivity index (χ3v) is 5.22. The van der Waals surface area contributed by atoms with Gasteiger partial charge in [0.15, 0.2) is 0 Å². The lowest BCUT2D eigenvalue weighted by Crippen LogP contribution is -2.63. The van der Waals surface area contributed by atoms with Gasteiger partial charge in [0, 0.05) is 23.7 Å². The lowest BCUT2D eigenvalue weighted by atomic mass is 9.77. The van der Waals surface area contributed by atoms with Crippen molar-refractivity contribution in [2.24, 2.45) is 0 Å². The van der Waals surface area contributed by atoms with E-state index in [9.17, 15) is 0 Å². The first-order chi connectivity index (χ1) is 11.9. The SMILES string of the molecule is CC1(C)CC(NOc2ccccc2)CC(C)(C)N1Cc1ccccc1. The minimum atomic E-state index is 0.0926. The molecule has 0 aromatic heterocycles. The topological polar surface area (TPSA) is 24.5 Å².